The van der Waals surface area contributed by atoms with E-state index in [-0.39, 0.29) is 18.0 Å². The minimum absolute atomic E-state index is 0.0934. The van der Waals surface area contributed by atoms with Gasteiger partial charge in [-0.25, -0.2) is 4.39 Å². The summed E-state index contributed by atoms with van der Waals surface area (Å²) >= 11 is 0. The number of carbonyl (C=O) groups excluding carboxylic acids is 1. The highest BCUT2D eigenvalue weighted by Gasteiger charge is 2.33. The zero-order chi connectivity index (χ0) is 14.5. The van der Waals surface area contributed by atoms with Gasteiger partial charge in [0.2, 0.25) is 5.91 Å². The first-order valence-corrected chi connectivity index (χ1v) is 6.24. The molecule has 0 bridgehead atoms. The van der Waals surface area contributed by atoms with Gasteiger partial charge in [0.05, 0.1) is 11.0 Å². The molecule has 3 N–H and O–H groups in total. The fourth-order valence-electron chi connectivity index (χ4n) is 1.90. The molecule has 0 heterocycles. The predicted octanol–water partition coefficient (Wildman–Crippen LogP) is 2.40. The third kappa shape index (κ3) is 3.09. The molecule has 0 aliphatic heterocycles. The van der Waals surface area contributed by atoms with Crippen molar-refractivity contribution >= 4 is 11.6 Å². The molecule has 0 fully saturated rings. The Kier molecular flexibility index (Phi) is 5.02. The first-order chi connectivity index (χ1) is 9.02. The highest BCUT2D eigenvalue weighted by molar-refractivity contribution is 5.95. The molecule has 0 radical (unpaired) electrons. The number of hydrogen-bond acceptors (Lipinski definition) is 3. The lowest BCUT2D eigenvalue weighted by Gasteiger charge is -2.28. The van der Waals surface area contributed by atoms with Crippen LogP contribution in [0.3, 0.4) is 0 Å². The number of nitriles is 1. The van der Waals surface area contributed by atoms with Crippen molar-refractivity contribution in [2.75, 3.05) is 11.9 Å². The molecule has 0 aliphatic carbocycles. The summed E-state index contributed by atoms with van der Waals surface area (Å²) in [5.41, 5.74) is 5.38. The maximum atomic E-state index is 13.2. The molecule has 0 spiro atoms. The number of rotatable bonds is 5. The number of benzene rings is 1. The highest BCUT2D eigenvalue weighted by atomic mass is 19.1. The van der Waals surface area contributed by atoms with Crippen molar-refractivity contribution in [3.63, 3.8) is 0 Å². The quantitative estimate of drug-likeness (QED) is 0.856. The van der Waals surface area contributed by atoms with Crippen LogP contribution in [0, 0.1) is 22.6 Å². The van der Waals surface area contributed by atoms with E-state index >= 15 is 0 Å². The summed E-state index contributed by atoms with van der Waals surface area (Å²) in [7, 11) is 0. The van der Waals surface area contributed by atoms with Gasteiger partial charge in [-0.05, 0) is 31.0 Å². The number of halogens is 1. The molecule has 1 rings (SSSR count). The molecular formula is C14H18FN3O. The fraction of sp³-hybridized carbons (Fsp3) is 0.429. The fourth-order valence-corrected chi connectivity index (χ4v) is 1.90. The summed E-state index contributed by atoms with van der Waals surface area (Å²) in [6, 6.07) is 5.65. The van der Waals surface area contributed by atoms with Crippen molar-refractivity contribution in [1.29, 1.82) is 5.26 Å². The monoisotopic (exact) mass is 263 g/mol. The van der Waals surface area contributed by atoms with Crippen LogP contribution in [0.4, 0.5) is 10.1 Å². The smallest absolute Gasteiger partial charge is 0.231 e. The van der Waals surface area contributed by atoms with E-state index in [4.69, 9.17) is 11.0 Å². The van der Waals surface area contributed by atoms with Crippen molar-refractivity contribution in [2.45, 2.75) is 26.7 Å². The van der Waals surface area contributed by atoms with Gasteiger partial charge in [-0.1, -0.05) is 13.8 Å². The lowest BCUT2D eigenvalue weighted by atomic mass is 9.81. The van der Waals surface area contributed by atoms with Gasteiger partial charge >= 0.3 is 0 Å². The Balaban J connectivity index is 2.97. The summed E-state index contributed by atoms with van der Waals surface area (Å²) in [5, 5.41) is 11.5. The average Bonchev–Trinajstić information content (AvgIpc) is 2.43. The summed E-state index contributed by atoms with van der Waals surface area (Å²) in [5.74, 6) is -0.799. The molecule has 1 amide bonds. The molecule has 0 aromatic heterocycles. The second-order valence-electron chi connectivity index (χ2n) is 4.45. The van der Waals surface area contributed by atoms with Gasteiger partial charge in [-0.3, -0.25) is 4.79 Å². The maximum absolute atomic E-state index is 13.2. The molecule has 5 heteroatoms. The molecule has 102 valence electrons. The van der Waals surface area contributed by atoms with E-state index in [2.05, 4.69) is 5.32 Å². The van der Waals surface area contributed by atoms with Gasteiger partial charge in [0.1, 0.15) is 11.9 Å². The van der Waals surface area contributed by atoms with Crippen LogP contribution >= 0.6 is 0 Å². The summed E-state index contributed by atoms with van der Waals surface area (Å²) in [6.07, 6.45) is 1.25. The number of nitrogens with two attached hydrogens (primary N) is 1. The third-order valence-electron chi connectivity index (χ3n) is 3.57. The Hall–Kier alpha value is -1.93. The van der Waals surface area contributed by atoms with Gasteiger partial charge in [-0.2, -0.15) is 5.26 Å². The molecule has 0 saturated heterocycles. The van der Waals surface area contributed by atoms with Gasteiger partial charge in [0.25, 0.3) is 0 Å². The lowest BCUT2D eigenvalue weighted by Crippen LogP contribution is -2.41. The van der Waals surface area contributed by atoms with E-state index in [1.54, 1.807) is 6.07 Å². The van der Waals surface area contributed by atoms with E-state index in [0.29, 0.717) is 18.5 Å². The van der Waals surface area contributed by atoms with Gasteiger partial charge in [-0.15, -0.1) is 0 Å². The molecule has 0 atom stereocenters. The molecular weight excluding hydrogens is 245 g/mol. The minimum Gasteiger partial charge on any atom is -0.329 e. The lowest BCUT2D eigenvalue weighted by molar-refractivity contribution is -0.125. The first kappa shape index (κ1) is 15.1. The van der Waals surface area contributed by atoms with E-state index in [0.717, 1.165) is 6.07 Å². The molecule has 19 heavy (non-hydrogen) atoms. The predicted molar refractivity (Wildman–Crippen MR) is 71.8 cm³/mol. The largest absolute Gasteiger partial charge is 0.329 e. The number of carbonyl (C=O) groups is 1. The number of amides is 1. The Morgan fingerprint density at radius 1 is 1.47 bits per heavy atom. The van der Waals surface area contributed by atoms with E-state index in [1.165, 1.54) is 12.1 Å². The van der Waals surface area contributed by atoms with E-state index < -0.39 is 11.2 Å². The Morgan fingerprint density at radius 2 is 2.11 bits per heavy atom. The third-order valence-corrected chi connectivity index (χ3v) is 3.57. The molecule has 0 unspecified atom stereocenters. The average molecular weight is 263 g/mol. The topological polar surface area (TPSA) is 78.9 Å². The van der Waals surface area contributed by atoms with E-state index in [9.17, 15) is 9.18 Å². The number of nitrogens with one attached hydrogen (secondary N) is 1. The van der Waals surface area contributed by atoms with Crippen molar-refractivity contribution in [3.05, 3.63) is 29.6 Å². The van der Waals surface area contributed by atoms with Crippen molar-refractivity contribution in [1.82, 2.24) is 0 Å². The highest BCUT2D eigenvalue weighted by Crippen LogP contribution is 2.27. The van der Waals surface area contributed by atoms with Gasteiger partial charge < -0.3 is 11.1 Å². The van der Waals surface area contributed by atoms with Crippen LogP contribution in [0.15, 0.2) is 18.2 Å². The van der Waals surface area contributed by atoms with Crippen molar-refractivity contribution < 1.29 is 9.18 Å². The van der Waals surface area contributed by atoms with Crippen molar-refractivity contribution in [2.24, 2.45) is 11.1 Å². The zero-order valence-corrected chi connectivity index (χ0v) is 11.2. The summed E-state index contributed by atoms with van der Waals surface area (Å²) in [4.78, 5) is 12.2. The van der Waals surface area contributed by atoms with Crippen LogP contribution in [0.2, 0.25) is 0 Å². The van der Waals surface area contributed by atoms with Crippen LogP contribution in [0.25, 0.3) is 0 Å². The van der Waals surface area contributed by atoms with Gasteiger partial charge in [0.15, 0.2) is 0 Å². The number of nitrogens with zero attached hydrogens (tertiary/aromatic N) is 1. The Bertz CT molecular complexity index is 496. The van der Waals surface area contributed by atoms with Crippen LogP contribution in [-0.4, -0.2) is 12.5 Å². The van der Waals surface area contributed by atoms with Gasteiger partial charge in [0, 0.05) is 12.2 Å². The number of hydrogen-bond donors (Lipinski definition) is 2. The second kappa shape index (κ2) is 6.30. The standard InChI is InChI=1S/C14H18FN3O/c1-3-14(4-2,9-17)13(19)18-11-5-6-12(15)10(7-11)8-16/h5-7H,3-4,9,17H2,1-2H3,(H,18,19). The summed E-state index contributed by atoms with van der Waals surface area (Å²) in [6.45, 7) is 4.06. The Morgan fingerprint density at radius 3 is 2.58 bits per heavy atom. The van der Waals surface area contributed by atoms with E-state index in [1.807, 2.05) is 13.8 Å². The normalized spacial score (nSPS) is 10.9. The molecule has 0 saturated carbocycles. The van der Waals surface area contributed by atoms with Crippen LogP contribution < -0.4 is 11.1 Å². The summed E-state index contributed by atoms with van der Waals surface area (Å²) < 4.78 is 13.2. The van der Waals surface area contributed by atoms with Crippen LogP contribution in [-0.2, 0) is 4.79 Å². The molecule has 0 aliphatic rings. The Labute approximate surface area is 112 Å². The SMILES string of the molecule is CCC(CC)(CN)C(=O)Nc1ccc(F)c(C#N)c1. The maximum Gasteiger partial charge on any atom is 0.231 e. The first-order valence-electron chi connectivity index (χ1n) is 6.24. The van der Waals surface area contributed by atoms with Crippen LogP contribution in [0.1, 0.15) is 32.3 Å². The zero-order valence-electron chi connectivity index (χ0n) is 11.2. The molecule has 1 aromatic carbocycles. The van der Waals surface area contributed by atoms with Crippen molar-refractivity contribution in [3.8, 4) is 6.07 Å². The number of anilines is 1. The molecule has 4 nitrogen and oxygen atoms in total. The molecule has 1 aromatic rings. The second-order valence-corrected chi connectivity index (χ2v) is 4.45. The van der Waals surface area contributed by atoms with Crippen LogP contribution in [0.5, 0.6) is 0 Å². The minimum atomic E-state index is -0.624.